The van der Waals surface area contributed by atoms with Crippen molar-refractivity contribution in [2.75, 3.05) is 0 Å². The summed E-state index contributed by atoms with van der Waals surface area (Å²) in [4.78, 5) is 7.20. The fraction of sp³-hybridized carbons (Fsp3) is 0.0714. The van der Waals surface area contributed by atoms with E-state index >= 15 is 0 Å². The number of rotatable bonds is 3. The highest BCUT2D eigenvalue weighted by Gasteiger charge is 2.38. The van der Waals surface area contributed by atoms with Crippen LogP contribution >= 0.6 is 0 Å². The predicted octanol–water partition coefficient (Wildman–Crippen LogP) is 3.74. The molecule has 0 unspecified atom stereocenters. The minimum absolute atomic E-state index is 0.183. The van der Waals surface area contributed by atoms with Crippen LogP contribution in [0.5, 0.6) is 11.5 Å². The average Bonchev–Trinajstić information content (AvgIpc) is 2.99. The molecule has 0 N–H and O–H groups in total. The number of halogens is 3. The highest BCUT2D eigenvalue weighted by atomic mass is 19.4. The molecule has 111 valence electrons. The van der Waals surface area contributed by atoms with Gasteiger partial charge >= 0.3 is 12.1 Å². The summed E-state index contributed by atoms with van der Waals surface area (Å²) in [5.41, 5.74) is 0.317. The maximum absolute atomic E-state index is 12.4. The van der Waals surface area contributed by atoms with Gasteiger partial charge in [-0.15, -0.1) is 0 Å². The number of pyridine rings is 1. The fourth-order valence-electron chi connectivity index (χ4n) is 1.63. The van der Waals surface area contributed by atoms with Gasteiger partial charge in [0.1, 0.15) is 11.5 Å². The van der Waals surface area contributed by atoms with Crippen LogP contribution in [0.2, 0.25) is 0 Å². The van der Waals surface area contributed by atoms with E-state index in [2.05, 4.69) is 25.7 Å². The Hall–Kier alpha value is -2.90. The first-order valence-corrected chi connectivity index (χ1v) is 6.03. The van der Waals surface area contributed by atoms with E-state index in [1.807, 2.05) is 0 Å². The molecule has 2 heterocycles. The van der Waals surface area contributed by atoms with Crippen molar-refractivity contribution in [2.45, 2.75) is 6.18 Å². The van der Waals surface area contributed by atoms with E-state index in [0.29, 0.717) is 17.1 Å². The van der Waals surface area contributed by atoms with Gasteiger partial charge < -0.3 is 9.26 Å². The molecule has 3 rings (SSSR count). The fourth-order valence-corrected chi connectivity index (χ4v) is 1.63. The molecule has 1 aromatic carbocycles. The van der Waals surface area contributed by atoms with Gasteiger partial charge in [0.15, 0.2) is 0 Å². The number of nitrogens with zero attached hydrogens (tertiary/aromatic N) is 3. The Labute approximate surface area is 122 Å². The summed E-state index contributed by atoms with van der Waals surface area (Å²) in [6.45, 7) is 0. The normalized spacial score (nSPS) is 11.4. The van der Waals surface area contributed by atoms with Crippen molar-refractivity contribution < 1.29 is 22.4 Å². The third kappa shape index (κ3) is 3.05. The molecular weight excluding hydrogens is 299 g/mol. The zero-order valence-electron chi connectivity index (χ0n) is 10.8. The largest absolute Gasteiger partial charge is 0.471 e. The zero-order valence-corrected chi connectivity index (χ0v) is 10.8. The molecule has 3 aromatic rings. The molecule has 0 spiro atoms. The van der Waals surface area contributed by atoms with Gasteiger partial charge in [-0.05, 0) is 24.3 Å². The Morgan fingerprint density at radius 3 is 2.77 bits per heavy atom. The summed E-state index contributed by atoms with van der Waals surface area (Å²) >= 11 is 0. The van der Waals surface area contributed by atoms with Crippen LogP contribution in [0, 0.1) is 6.07 Å². The van der Waals surface area contributed by atoms with Crippen molar-refractivity contribution in [1.82, 2.24) is 15.1 Å². The molecule has 0 aliphatic heterocycles. The SMILES string of the molecule is FC(F)(F)c1nc(-c2cc[c]c(Oc3cccnc3)c2)no1. The van der Waals surface area contributed by atoms with Crippen molar-refractivity contribution in [1.29, 1.82) is 0 Å². The second-order valence-electron chi connectivity index (χ2n) is 4.15. The molecule has 0 fully saturated rings. The minimum Gasteiger partial charge on any atom is -0.455 e. The van der Waals surface area contributed by atoms with Crippen LogP contribution in [0.4, 0.5) is 13.2 Å². The summed E-state index contributed by atoms with van der Waals surface area (Å²) in [7, 11) is 0. The number of ether oxygens (including phenoxy) is 1. The topological polar surface area (TPSA) is 61.0 Å². The van der Waals surface area contributed by atoms with E-state index in [0.717, 1.165) is 0 Å². The molecule has 5 nitrogen and oxygen atoms in total. The van der Waals surface area contributed by atoms with E-state index < -0.39 is 12.1 Å². The third-order valence-electron chi connectivity index (χ3n) is 2.56. The molecule has 0 aliphatic rings. The van der Waals surface area contributed by atoms with Crippen LogP contribution in [-0.2, 0) is 6.18 Å². The maximum Gasteiger partial charge on any atom is 0.471 e. The predicted molar refractivity (Wildman–Crippen MR) is 67.9 cm³/mol. The molecular formula is C14H7F3N3O2. The number of hydrogen-bond donors (Lipinski definition) is 0. The van der Waals surface area contributed by atoms with Crippen LogP contribution in [0.1, 0.15) is 5.89 Å². The van der Waals surface area contributed by atoms with Gasteiger partial charge in [0, 0.05) is 17.8 Å². The summed E-state index contributed by atoms with van der Waals surface area (Å²) in [5, 5.41) is 3.31. The quantitative estimate of drug-likeness (QED) is 0.737. The molecule has 0 saturated heterocycles. The van der Waals surface area contributed by atoms with Crippen LogP contribution in [0.15, 0.2) is 47.2 Å². The molecule has 0 bridgehead atoms. The lowest BCUT2D eigenvalue weighted by Crippen LogP contribution is -2.04. The Kier molecular flexibility index (Phi) is 3.50. The number of hydrogen-bond acceptors (Lipinski definition) is 5. The highest BCUT2D eigenvalue weighted by Crippen LogP contribution is 2.30. The lowest BCUT2D eigenvalue weighted by atomic mass is 10.2. The minimum atomic E-state index is -4.68. The van der Waals surface area contributed by atoms with Crippen molar-refractivity contribution in [3.8, 4) is 22.9 Å². The molecule has 8 heteroatoms. The van der Waals surface area contributed by atoms with Gasteiger partial charge in [0.05, 0.1) is 6.20 Å². The molecule has 0 amide bonds. The van der Waals surface area contributed by atoms with Crippen LogP contribution in [0.3, 0.4) is 0 Å². The van der Waals surface area contributed by atoms with E-state index in [4.69, 9.17) is 4.74 Å². The zero-order chi connectivity index (χ0) is 15.6. The monoisotopic (exact) mass is 306 g/mol. The number of alkyl halides is 3. The summed E-state index contributed by atoms with van der Waals surface area (Å²) < 4.78 is 47.0. The Bertz CT molecular complexity index is 772. The van der Waals surface area contributed by atoms with Gasteiger partial charge in [0.2, 0.25) is 5.82 Å². The van der Waals surface area contributed by atoms with Crippen LogP contribution in [0.25, 0.3) is 11.4 Å². The van der Waals surface area contributed by atoms with E-state index in [1.54, 1.807) is 18.3 Å². The molecule has 1 radical (unpaired) electrons. The van der Waals surface area contributed by atoms with Crippen LogP contribution < -0.4 is 4.74 Å². The van der Waals surface area contributed by atoms with E-state index in [-0.39, 0.29) is 5.82 Å². The summed E-state index contributed by atoms with van der Waals surface area (Å²) in [6, 6.07) is 10.6. The third-order valence-corrected chi connectivity index (χ3v) is 2.56. The summed E-state index contributed by atoms with van der Waals surface area (Å²) in [5.74, 6) is -0.814. The molecule has 2 aromatic heterocycles. The second-order valence-corrected chi connectivity index (χ2v) is 4.15. The first kappa shape index (κ1) is 14.1. The first-order valence-electron chi connectivity index (χ1n) is 6.03. The van der Waals surface area contributed by atoms with Crippen molar-refractivity contribution in [3.05, 3.63) is 54.7 Å². The van der Waals surface area contributed by atoms with Crippen molar-refractivity contribution >= 4 is 0 Å². The van der Waals surface area contributed by atoms with E-state index in [1.165, 1.54) is 24.4 Å². The Balaban J connectivity index is 1.86. The number of aromatic nitrogens is 3. The van der Waals surface area contributed by atoms with E-state index in [9.17, 15) is 13.2 Å². The van der Waals surface area contributed by atoms with Gasteiger partial charge in [-0.2, -0.15) is 18.2 Å². The first-order chi connectivity index (χ1) is 10.5. The smallest absolute Gasteiger partial charge is 0.455 e. The lowest BCUT2D eigenvalue weighted by molar-refractivity contribution is -0.159. The Morgan fingerprint density at radius 2 is 2.09 bits per heavy atom. The Morgan fingerprint density at radius 1 is 1.23 bits per heavy atom. The van der Waals surface area contributed by atoms with Gasteiger partial charge in [0.25, 0.3) is 0 Å². The van der Waals surface area contributed by atoms with Crippen LogP contribution in [-0.4, -0.2) is 15.1 Å². The van der Waals surface area contributed by atoms with Gasteiger partial charge in [-0.3, -0.25) is 4.98 Å². The van der Waals surface area contributed by atoms with Crippen molar-refractivity contribution in [2.24, 2.45) is 0 Å². The molecule has 0 aliphatic carbocycles. The van der Waals surface area contributed by atoms with Crippen molar-refractivity contribution in [3.63, 3.8) is 0 Å². The molecule has 22 heavy (non-hydrogen) atoms. The lowest BCUT2D eigenvalue weighted by Gasteiger charge is -2.05. The maximum atomic E-state index is 12.4. The summed E-state index contributed by atoms with van der Waals surface area (Å²) in [6.07, 6.45) is -1.59. The average molecular weight is 306 g/mol. The highest BCUT2D eigenvalue weighted by molar-refractivity contribution is 5.57. The standard InChI is InChI=1S/C14H7F3N3O2/c15-14(16,17)13-19-12(20-22-13)9-3-1-4-10(7-9)21-11-5-2-6-18-8-11/h1-3,5-8H. The molecule has 0 saturated carbocycles. The van der Waals surface area contributed by atoms with Gasteiger partial charge in [-0.25, -0.2) is 0 Å². The number of benzene rings is 1. The second kappa shape index (κ2) is 5.47. The van der Waals surface area contributed by atoms with Gasteiger partial charge in [-0.1, -0.05) is 11.2 Å². The molecule has 0 atom stereocenters.